The molecule has 0 spiro atoms. The second kappa shape index (κ2) is 7.31. The van der Waals surface area contributed by atoms with Crippen molar-refractivity contribution in [2.75, 3.05) is 0 Å². The highest BCUT2D eigenvalue weighted by molar-refractivity contribution is 5.59. The van der Waals surface area contributed by atoms with Crippen molar-refractivity contribution < 1.29 is 0 Å². The van der Waals surface area contributed by atoms with Crippen LogP contribution < -0.4 is 5.73 Å². The zero-order valence-electron chi connectivity index (χ0n) is 15.9. The Morgan fingerprint density at radius 3 is 2.00 bits per heavy atom. The molecule has 2 aliphatic carbocycles. The number of benzene rings is 2. The number of nitrogens with zero attached hydrogens (tertiary/aromatic N) is 3. The summed E-state index contributed by atoms with van der Waals surface area (Å²) in [6.07, 6.45) is 3.66. The van der Waals surface area contributed by atoms with Gasteiger partial charge >= 0.3 is 0 Å². The van der Waals surface area contributed by atoms with E-state index in [0.29, 0.717) is 5.57 Å². The molecule has 4 nitrogen and oxygen atoms in total. The Kier molecular flexibility index (Phi) is 4.67. The van der Waals surface area contributed by atoms with E-state index in [-0.39, 0.29) is 17.5 Å². The molecule has 140 valence electrons. The van der Waals surface area contributed by atoms with Gasteiger partial charge in [0.15, 0.2) is 5.41 Å². The number of nitrogens with two attached hydrogens (primary N) is 1. The molecule has 4 rings (SSSR count). The molecule has 0 heterocycles. The van der Waals surface area contributed by atoms with Gasteiger partial charge in [-0.3, -0.25) is 0 Å². The number of allylic oxidation sites excluding steroid dienone is 4. The Labute approximate surface area is 170 Å². The second-order valence-electron chi connectivity index (χ2n) is 7.67. The minimum Gasteiger partial charge on any atom is -0.399 e. The van der Waals surface area contributed by atoms with Crippen LogP contribution in [0, 0.1) is 45.3 Å². The Morgan fingerprint density at radius 1 is 0.862 bits per heavy atom. The number of fused-ring (bicyclic) bond motifs is 1. The quantitative estimate of drug-likeness (QED) is 0.823. The van der Waals surface area contributed by atoms with Gasteiger partial charge < -0.3 is 5.73 Å². The van der Waals surface area contributed by atoms with Crippen molar-refractivity contribution in [2.45, 2.75) is 24.7 Å². The summed E-state index contributed by atoms with van der Waals surface area (Å²) in [4.78, 5) is 0. The molecule has 0 bridgehead atoms. The van der Waals surface area contributed by atoms with Gasteiger partial charge in [0.05, 0.1) is 23.4 Å². The predicted octanol–water partition coefficient (Wildman–Crippen LogP) is 4.67. The summed E-state index contributed by atoms with van der Waals surface area (Å²) in [6, 6.07) is 26.5. The minimum atomic E-state index is -1.56. The fourth-order valence-electron chi connectivity index (χ4n) is 4.92. The molecular formula is C25H20N4. The number of rotatable bonds is 2. The van der Waals surface area contributed by atoms with Crippen LogP contribution in [0.25, 0.3) is 0 Å². The SMILES string of the molecule is N#CC1=C(N)C(C#N)(C#N)[C@H](c2ccccc2)[C@H]2CC(c3ccccc3)CC=C12. The van der Waals surface area contributed by atoms with Crippen molar-refractivity contribution in [1.29, 1.82) is 15.8 Å². The van der Waals surface area contributed by atoms with E-state index in [1.807, 2.05) is 48.5 Å². The summed E-state index contributed by atoms with van der Waals surface area (Å²) >= 11 is 0. The van der Waals surface area contributed by atoms with Crippen molar-refractivity contribution in [3.05, 3.63) is 94.7 Å². The van der Waals surface area contributed by atoms with Crippen LogP contribution >= 0.6 is 0 Å². The van der Waals surface area contributed by atoms with Crippen LogP contribution in [-0.4, -0.2) is 0 Å². The van der Waals surface area contributed by atoms with Gasteiger partial charge in [-0.2, -0.15) is 15.8 Å². The van der Waals surface area contributed by atoms with Gasteiger partial charge in [-0.25, -0.2) is 0 Å². The van der Waals surface area contributed by atoms with Gasteiger partial charge in [0.2, 0.25) is 0 Å². The van der Waals surface area contributed by atoms with E-state index in [9.17, 15) is 15.8 Å². The molecule has 2 aromatic rings. The summed E-state index contributed by atoms with van der Waals surface area (Å²) in [5.74, 6) is -0.281. The van der Waals surface area contributed by atoms with Crippen molar-refractivity contribution in [1.82, 2.24) is 0 Å². The van der Waals surface area contributed by atoms with Crippen LogP contribution in [0.3, 0.4) is 0 Å². The van der Waals surface area contributed by atoms with Gasteiger partial charge in [-0.1, -0.05) is 66.7 Å². The molecule has 0 radical (unpaired) electrons. The monoisotopic (exact) mass is 376 g/mol. The van der Waals surface area contributed by atoms with Gasteiger partial charge in [0.25, 0.3) is 0 Å². The fourth-order valence-corrected chi connectivity index (χ4v) is 4.92. The maximum atomic E-state index is 10.1. The van der Waals surface area contributed by atoms with Crippen LogP contribution in [0.15, 0.2) is 83.6 Å². The summed E-state index contributed by atoms with van der Waals surface area (Å²) in [7, 11) is 0. The molecule has 2 aliphatic rings. The Balaban J connectivity index is 1.93. The molecule has 0 aromatic heterocycles. The standard InChI is InChI=1S/C25H20N4/c26-14-22-20-12-11-19(17-7-3-1-4-8-17)13-21(20)23(18-9-5-2-6-10-18)25(15-27,16-28)24(22)29/h1-10,12,19,21,23H,11,13,29H2/t19?,21-,23+/m0/s1. The molecule has 0 amide bonds. The second-order valence-corrected chi connectivity index (χ2v) is 7.67. The molecule has 2 N–H and O–H groups in total. The van der Waals surface area contributed by atoms with Gasteiger partial charge in [-0.05, 0) is 41.4 Å². The molecule has 0 saturated heterocycles. The number of hydrogen-bond acceptors (Lipinski definition) is 4. The molecule has 4 heteroatoms. The lowest BCUT2D eigenvalue weighted by molar-refractivity contribution is 0.303. The Morgan fingerprint density at radius 2 is 1.45 bits per heavy atom. The molecule has 3 atom stereocenters. The number of nitriles is 3. The lowest BCUT2D eigenvalue weighted by atomic mass is 9.55. The van der Waals surface area contributed by atoms with Crippen molar-refractivity contribution >= 4 is 0 Å². The normalized spacial score (nSPS) is 25.0. The first-order chi connectivity index (χ1) is 14.2. The first-order valence-electron chi connectivity index (χ1n) is 9.69. The van der Waals surface area contributed by atoms with E-state index in [1.54, 1.807) is 0 Å². The van der Waals surface area contributed by atoms with Crippen LogP contribution in [-0.2, 0) is 0 Å². The number of hydrogen-bond donors (Lipinski definition) is 1. The van der Waals surface area contributed by atoms with Crippen LogP contribution in [0.1, 0.15) is 35.8 Å². The first-order valence-corrected chi connectivity index (χ1v) is 9.69. The Bertz CT molecular complexity index is 1090. The molecule has 29 heavy (non-hydrogen) atoms. The largest absolute Gasteiger partial charge is 0.399 e. The molecular weight excluding hydrogens is 356 g/mol. The third-order valence-electron chi connectivity index (χ3n) is 6.31. The third kappa shape index (κ3) is 2.80. The summed E-state index contributed by atoms with van der Waals surface area (Å²) in [6.45, 7) is 0. The first kappa shape index (κ1) is 18.5. The summed E-state index contributed by atoms with van der Waals surface area (Å²) < 4.78 is 0. The molecule has 0 aliphatic heterocycles. The van der Waals surface area contributed by atoms with Crippen molar-refractivity contribution in [3.63, 3.8) is 0 Å². The van der Waals surface area contributed by atoms with E-state index in [4.69, 9.17) is 5.73 Å². The van der Waals surface area contributed by atoms with Crippen molar-refractivity contribution in [2.24, 2.45) is 17.1 Å². The lowest BCUT2D eigenvalue weighted by Crippen LogP contribution is -2.43. The third-order valence-corrected chi connectivity index (χ3v) is 6.31. The molecule has 2 aromatic carbocycles. The van der Waals surface area contributed by atoms with Gasteiger partial charge in [0, 0.05) is 5.92 Å². The van der Waals surface area contributed by atoms with E-state index < -0.39 is 11.3 Å². The zero-order chi connectivity index (χ0) is 20.4. The highest BCUT2D eigenvalue weighted by atomic mass is 14.7. The fraction of sp³-hybridized carbons (Fsp3) is 0.240. The van der Waals surface area contributed by atoms with Crippen molar-refractivity contribution in [3.8, 4) is 18.2 Å². The Hall–Kier alpha value is -3.81. The molecule has 0 saturated carbocycles. The molecule has 0 fully saturated rings. The van der Waals surface area contributed by atoms with Gasteiger partial charge in [0.1, 0.15) is 6.07 Å². The van der Waals surface area contributed by atoms with Crippen LogP contribution in [0.5, 0.6) is 0 Å². The zero-order valence-corrected chi connectivity index (χ0v) is 15.9. The summed E-state index contributed by atoms with van der Waals surface area (Å²) in [5.41, 5.74) is 8.18. The van der Waals surface area contributed by atoms with E-state index in [1.165, 1.54) is 5.56 Å². The predicted molar refractivity (Wildman–Crippen MR) is 110 cm³/mol. The lowest BCUT2D eigenvalue weighted by Gasteiger charge is -2.45. The van der Waals surface area contributed by atoms with Crippen LogP contribution in [0.2, 0.25) is 0 Å². The maximum absolute atomic E-state index is 10.1. The topological polar surface area (TPSA) is 97.4 Å². The van der Waals surface area contributed by atoms with E-state index in [2.05, 4.69) is 36.4 Å². The minimum absolute atomic E-state index is 0.0829. The average Bonchev–Trinajstić information content (AvgIpc) is 2.79. The molecule has 1 unspecified atom stereocenters. The van der Waals surface area contributed by atoms with E-state index in [0.717, 1.165) is 24.0 Å². The highest BCUT2D eigenvalue weighted by Gasteiger charge is 2.54. The highest BCUT2D eigenvalue weighted by Crippen LogP contribution is 2.57. The van der Waals surface area contributed by atoms with Crippen LogP contribution in [0.4, 0.5) is 0 Å². The van der Waals surface area contributed by atoms with E-state index >= 15 is 0 Å². The van der Waals surface area contributed by atoms with Gasteiger partial charge in [-0.15, -0.1) is 0 Å². The smallest absolute Gasteiger partial charge is 0.191 e. The average molecular weight is 376 g/mol. The summed E-state index contributed by atoms with van der Waals surface area (Å²) in [5, 5.41) is 30.0. The maximum Gasteiger partial charge on any atom is 0.191 e.